The molecule has 0 bridgehead atoms. The monoisotopic (exact) mass is 510 g/mol. The molecule has 7 rings (SSSR count). The van der Waals surface area contributed by atoms with Gasteiger partial charge in [-0.1, -0.05) is 12.1 Å². The van der Waals surface area contributed by atoms with Crippen LogP contribution in [0.1, 0.15) is 50.7 Å². The number of hydrogen-bond donors (Lipinski definition) is 6. The number of rotatable bonds is 2. The Hall–Kier alpha value is -3.62. The van der Waals surface area contributed by atoms with Crippen molar-refractivity contribution in [3.63, 3.8) is 0 Å². The van der Waals surface area contributed by atoms with E-state index in [-0.39, 0.29) is 24.2 Å². The number of nitrogens with one attached hydrogen (secondary N) is 4. The zero-order valence-corrected chi connectivity index (χ0v) is 22.0. The molecule has 38 heavy (non-hydrogen) atoms. The Balaban J connectivity index is 1.32. The van der Waals surface area contributed by atoms with E-state index >= 15 is 0 Å². The summed E-state index contributed by atoms with van der Waals surface area (Å²) in [6, 6.07) is 12.8. The molecule has 0 spiro atoms. The van der Waals surface area contributed by atoms with Crippen LogP contribution in [0.15, 0.2) is 48.8 Å². The van der Waals surface area contributed by atoms with Crippen molar-refractivity contribution in [2.75, 3.05) is 21.3 Å². The summed E-state index contributed by atoms with van der Waals surface area (Å²) in [4.78, 5) is 9.47. The summed E-state index contributed by atoms with van der Waals surface area (Å²) in [6.07, 6.45) is 2.07. The topological polar surface area (TPSA) is 114 Å². The fraction of sp³-hybridized carbons (Fsp3) is 0.400. The van der Waals surface area contributed by atoms with E-state index in [0.29, 0.717) is 0 Å². The number of anilines is 4. The molecular weight excluding hydrogens is 476 g/mol. The van der Waals surface area contributed by atoms with E-state index < -0.39 is 24.0 Å². The van der Waals surface area contributed by atoms with Gasteiger partial charge < -0.3 is 31.5 Å². The van der Waals surface area contributed by atoms with Crippen molar-refractivity contribution in [2.45, 2.75) is 75.9 Å². The molecule has 0 amide bonds. The number of aromatic nitrogens is 2. The second kappa shape index (κ2) is 8.44. The SMILES string of the molecule is CC1Nc2cccc3ncc(C4C(O)C(c5cnc6cccc7c6c5NC(C)C(C)N7)C4O)c(c23)NC1C. The van der Waals surface area contributed by atoms with Gasteiger partial charge in [0.2, 0.25) is 0 Å². The molecule has 3 aliphatic rings. The maximum absolute atomic E-state index is 11.7. The van der Waals surface area contributed by atoms with E-state index in [2.05, 4.69) is 61.1 Å². The molecule has 0 saturated heterocycles. The number of benzene rings is 2. The van der Waals surface area contributed by atoms with Crippen molar-refractivity contribution in [2.24, 2.45) is 0 Å². The smallest absolute Gasteiger partial charge is 0.0743 e. The summed E-state index contributed by atoms with van der Waals surface area (Å²) in [6.45, 7) is 8.59. The van der Waals surface area contributed by atoms with Crippen LogP contribution < -0.4 is 21.3 Å². The van der Waals surface area contributed by atoms with E-state index in [1.807, 2.05) is 36.7 Å². The maximum atomic E-state index is 11.7. The molecule has 196 valence electrons. The van der Waals surface area contributed by atoms with Crippen LogP contribution in [0.4, 0.5) is 22.7 Å². The summed E-state index contributed by atoms with van der Waals surface area (Å²) in [5.74, 6) is -0.932. The highest BCUT2D eigenvalue weighted by molar-refractivity contribution is 6.04. The molecule has 2 aromatic carbocycles. The lowest BCUT2D eigenvalue weighted by Gasteiger charge is -2.48. The second-order valence-electron chi connectivity index (χ2n) is 11.3. The van der Waals surface area contributed by atoms with Crippen molar-refractivity contribution in [1.82, 2.24) is 9.97 Å². The first-order valence-electron chi connectivity index (χ1n) is 13.6. The predicted molar refractivity (Wildman–Crippen MR) is 153 cm³/mol. The van der Waals surface area contributed by atoms with Gasteiger partial charge in [0.1, 0.15) is 0 Å². The summed E-state index contributed by atoms with van der Waals surface area (Å²) >= 11 is 0. The Morgan fingerprint density at radius 3 is 1.39 bits per heavy atom. The first-order chi connectivity index (χ1) is 18.3. The van der Waals surface area contributed by atoms with Crippen molar-refractivity contribution in [3.05, 3.63) is 59.9 Å². The molecule has 0 radical (unpaired) electrons. The third-order valence-electron chi connectivity index (χ3n) is 9.05. The van der Waals surface area contributed by atoms with Crippen molar-refractivity contribution in [3.8, 4) is 0 Å². The molecule has 6 N–H and O–H groups in total. The molecule has 4 heterocycles. The molecule has 4 aromatic rings. The Bertz CT molecular complexity index is 1450. The molecule has 8 nitrogen and oxygen atoms in total. The highest BCUT2D eigenvalue weighted by Crippen LogP contribution is 2.54. The van der Waals surface area contributed by atoms with Gasteiger partial charge in [-0.05, 0) is 52.0 Å². The van der Waals surface area contributed by atoms with Crippen LogP contribution >= 0.6 is 0 Å². The molecule has 4 unspecified atom stereocenters. The third-order valence-corrected chi connectivity index (χ3v) is 9.05. The Labute approximate surface area is 221 Å². The van der Waals surface area contributed by atoms with Gasteiger partial charge in [-0.3, -0.25) is 9.97 Å². The van der Waals surface area contributed by atoms with Gasteiger partial charge in [-0.15, -0.1) is 0 Å². The average Bonchev–Trinajstić information content (AvgIpc) is 3.12. The van der Waals surface area contributed by atoms with Gasteiger partial charge in [0.25, 0.3) is 0 Å². The number of aliphatic hydroxyl groups excluding tert-OH is 2. The summed E-state index contributed by atoms with van der Waals surface area (Å²) < 4.78 is 0. The van der Waals surface area contributed by atoms with Crippen LogP contribution in [0.2, 0.25) is 0 Å². The average molecular weight is 511 g/mol. The number of nitrogens with zero attached hydrogens (tertiary/aromatic N) is 2. The van der Waals surface area contributed by atoms with Crippen LogP contribution in [-0.4, -0.2) is 56.6 Å². The Morgan fingerprint density at radius 1 is 0.579 bits per heavy atom. The molecule has 2 aromatic heterocycles. The highest BCUT2D eigenvalue weighted by atomic mass is 16.3. The van der Waals surface area contributed by atoms with E-state index in [4.69, 9.17) is 9.97 Å². The molecule has 1 saturated carbocycles. The van der Waals surface area contributed by atoms with Gasteiger partial charge in [0.15, 0.2) is 0 Å². The van der Waals surface area contributed by atoms with Crippen LogP contribution in [-0.2, 0) is 0 Å². The van der Waals surface area contributed by atoms with E-state index in [9.17, 15) is 10.2 Å². The second-order valence-corrected chi connectivity index (χ2v) is 11.3. The summed E-state index contributed by atoms with van der Waals surface area (Å²) in [5.41, 5.74) is 7.38. The standard InChI is InChI=1S/C30H34N6O2/c1-13-15(3)35-27-17(11-31-19-7-5-9-21(33-13)25(19)27)23-29(37)24(30(23)38)18-12-32-20-8-6-10-22-26(20)28(18)36-16(4)14(2)34-22/h5-16,23-24,29-30,33-38H,1-4H3. The molecule has 8 heteroatoms. The van der Waals surface area contributed by atoms with Gasteiger partial charge in [0.05, 0.1) is 34.6 Å². The van der Waals surface area contributed by atoms with Crippen LogP contribution in [0.5, 0.6) is 0 Å². The Morgan fingerprint density at radius 2 is 0.974 bits per heavy atom. The van der Waals surface area contributed by atoms with Gasteiger partial charge in [0, 0.05) is 81.7 Å². The maximum Gasteiger partial charge on any atom is 0.0743 e. The number of hydrogen-bond acceptors (Lipinski definition) is 8. The first-order valence-corrected chi connectivity index (χ1v) is 13.6. The van der Waals surface area contributed by atoms with Crippen LogP contribution in [0.3, 0.4) is 0 Å². The zero-order chi connectivity index (χ0) is 26.3. The predicted octanol–water partition coefficient (Wildman–Crippen LogP) is 4.61. The van der Waals surface area contributed by atoms with Gasteiger partial charge in [-0.2, -0.15) is 0 Å². The zero-order valence-electron chi connectivity index (χ0n) is 22.0. The fourth-order valence-corrected chi connectivity index (χ4v) is 6.46. The summed E-state index contributed by atoms with van der Waals surface area (Å²) in [7, 11) is 0. The van der Waals surface area contributed by atoms with Gasteiger partial charge >= 0.3 is 0 Å². The Kier molecular flexibility index (Phi) is 5.22. The lowest BCUT2D eigenvalue weighted by atomic mass is 9.63. The largest absolute Gasteiger partial charge is 0.392 e. The molecule has 2 aliphatic heterocycles. The van der Waals surface area contributed by atoms with Crippen molar-refractivity contribution >= 4 is 44.6 Å². The molecule has 1 aliphatic carbocycles. The third kappa shape index (κ3) is 3.29. The number of aliphatic hydroxyl groups is 2. The minimum atomic E-state index is -0.785. The summed E-state index contributed by atoms with van der Waals surface area (Å²) in [5, 5.41) is 39.9. The van der Waals surface area contributed by atoms with Crippen molar-refractivity contribution < 1.29 is 10.2 Å². The van der Waals surface area contributed by atoms with E-state index in [1.165, 1.54) is 0 Å². The lowest BCUT2D eigenvalue weighted by Crippen LogP contribution is -2.52. The quantitative estimate of drug-likeness (QED) is 0.232. The first kappa shape index (κ1) is 23.5. The highest BCUT2D eigenvalue weighted by Gasteiger charge is 2.53. The van der Waals surface area contributed by atoms with E-state index in [0.717, 1.165) is 55.7 Å². The number of pyridine rings is 2. The normalized spacial score (nSPS) is 31.7. The lowest BCUT2D eigenvalue weighted by molar-refractivity contribution is -0.0782. The minimum absolute atomic E-state index is 0.147. The molecule has 4 atom stereocenters. The van der Waals surface area contributed by atoms with Crippen molar-refractivity contribution in [1.29, 1.82) is 0 Å². The fourth-order valence-electron chi connectivity index (χ4n) is 6.46. The van der Waals surface area contributed by atoms with Crippen LogP contribution in [0.25, 0.3) is 21.8 Å². The van der Waals surface area contributed by atoms with Crippen LogP contribution in [0, 0.1) is 0 Å². The minimum Gasteiger partial charge on any atom is -0.392 e. The van der Waals surface area contributed by atoms with E-state index in [1.54, 1.807) is 0 Å². The molecular formula is C30H34N6O2. The molecule has 1 fully saturated rings. The van der Waals surface area contributed by atoms with Gasteiger partial charge in [-0.25, -0.2) is 0 Å².